The first-order valence-corrected chi connectivity index (χ1v) is 8.91. The maximum Gasteiger partial charge on any atom is 0.419 e. The number of hydrogen-bond donors (Lipinski definition) is 1. The van der Waals surface area contributed by atoms with E-state index in [0.717, 1.165) is 12.1 Å². The SMILES string of the molecule is COc1cc(C)c(S(=O)(=O)Nc2cccc(C(F)(F)F)c2F)c(C)c1C. The molecule has 4 nitrogen and oxygen atoms in total. The van der Waals surface area contributed by atoms with Crippen molar-refractivity contribution in [3.8, 4) is 5.75 Å². The van der Waals surface area contributed by atoms with E-state index in [1.165, 1.54) is 20.1 Å². The highest BCUT2D eigenvalue weighted by molar-refractivity contribution is 7.92. The van der Waals surface area contributed by atoms with Crippen LogP contribution in [0.3, 0.4) is 0 Å². The first kappa shape index (κ1) is 20.0. The summed E-state index contributed by atoms with van der Waals surface area (Å²) in [5, 5.41) is 0. The fourth-order valence-corrected chi connectivity index (χ4v) is 4.26. The van der Waals surface area contributed by atoms with Crippen LogP contribution in [0.2, 0.25) is 0 Å². The van der Waals surface area contributed by atoms with Gasteiger partial charge in [-0.25, -0.2) is 12.8 Å². The van der Waals surface area contributed by atoms with Gasteiger partial charge in [-0.05, 0) is 55.7 Å². The summed E-state index contributed by atoms with van der Waals surface area (Å²) in [7, 11) is -2.88. The molecule has 0 aromatic heterocycles. The zero-order chi connectivity index (χ0) is 19.9. The van der Waals surface area contributed by atoms with E-state index in [2.05, 4.69) is 0 Å². The second-order valence-corrected chi connectivity index (χ2v) is 7.36. The van der Waals surface area contributed by atoms with Crippen molar-refractivity contribution in [1.82, 2.24) is 0 Å². The van der Waals surface area contributed by atoms with Crippen LogP contribution >= 0.6 is 0 Å². The highest BCUT2D eigenvalue weighted by Crippen LogP contribution is 2.36. The number of nitrogens with one attached hydrogen (secondary N) is 1. The van der Waals surface area contributed by atoms with Crippen molar-refractivity contribution in [2.75, 3.05) is 11.8 Å². The third-order valence-electron chi connectivity index (χ3n) is 4.02. The number of benzene rings is 2. The Bertz CT molecular complexity index is 953. The Morgan fingerprint density at radius 1 is 1.08 bits per heavy atom. The molecule has 0 atom stereocenters. The number of hydrogen-bond acceptors (Lipinski definition) is 3. The third kappa shape index (κ3) is 3.62. The summed E-state index contributed by atoms with van der Waals surface area (Å²) in [5.74, 6) is -1.20. The molecule has 0 aliphatic rings. The quantitative estimate of drug-likeness (QED) is 0.777. The summed E-state index contributed by atoms with van der Waals surface area (Å²) in [5.41, 5.74) is -1.07. The minimum absolute atomic E-state index is 0.132. The highest BCUT2D eigenvalue weighted by Gasteiger charge is 2.35. The van der Waals surface area contributed by atoms with Crippen LogP contribution in [0.4, 0.5) is 23.2 Å². The molecule has 1 N–H and O–H groups in total. The van der Waals surface area contributed by atoms with E-state index in [4.69, 9.17) is 4.74 Å². The average molecular weight is 391 g/mol. The summed E-state index contributed by atoms with van der Waals surface area (Å²) in [6, 6.07) is 3.91. The molecule has 0 bridgehead atoms. The Morgan fingerprint density at radius 3 is 2.23 bits per heavy atom. The molecule has 0 spiro atoms. The summed E-state index contributed by atoms with van der Waals surface area (Å²) in [4.78, 5) is -0.132. The van der Waals surface area contributed by atoms with Gasteiger partial charge in [-0.1, -0.05) is 6.07 Å². The van der Waals surface area contributed by atoms with Crippen LogP contribution in [0.5, 0.6) is 5.75 Å². The van der Waals surface area contributed by atoms with Crippen LogP contribution < -0.4 is 9.46 Å². The van der Waals surface area contributed by atoms with Gasteiger partial charge in [0, 0.05) is 0 Å². The van der Waals surface area contributed by atoms with E-state index in [0.29, 0.717) is 28.5 Å². The Labute approximate surface area is 148 Å². The van der Waals surface area contributed by atoms with Crippen molar-refractivity contribution in [3.05, 3.63) is 52.3 Å². The van der Waals surface area contributed by atoms with Gasteiger partial charge in [-0.2, -0.15) is 13.2 Å². The molecule has 2 rings (SSSR count). The lowest BCUT2D eigenvalue weighted by molar-refractivity contribution is -0.139. The molecule has 0 radical (unpaired) electrons. The van der Waals surface area contributed by atoms with E-state index in [9.17, 15) is 26.0 Å². The van der Waals surface area contributed by atoms with Gasteiger partial charge in [-0.15, -0.1) is 0 Å². The van der Waals surface area contributed by atoms with Crippen molar-refractivity contribution in [2.45, 2.75) is 31.8 Å². The maximum absolute atomic E-state index is 14.1. The number of alkyl halides is 3. The second kappa shape index (κ2) is 6.79. The smallest absolute Gasteiger partial charge is 0.419 e. The Hall–Kier alpha value is -2.29. The zero-order valence-corrected chi connectivity index (χ0v) is 15.3. The van der Waals surface area contributed by atoms with Gasteiger partial charge in [0.25, 0.3) is 10.0 Å². The minimum Gasteiger partial charge on any atom is -0.496 e. The molecule has 9 heteroatoms. The fourth-order valence-electron chi connectivity index (χ4n) is 2.67. The Kier molecular flexibility index (Phi) is 5.23. The number of anilines is 1. The Morgan fingerprint density at radius 2 is 1.69 bits per heavy atom. The summed E-state index contributed by atoms with van der Waals surface area (Å²) in [6.07, 6.45) is -4.94. The average Bonchev–Trinajstić information content (AvgIpc) is 2.51. The van der Waals surface area contributed by atoms with Gasteiger partial charge in [0.1, 0.15) is 5.75 Å². The second-order valence-electron chi connectivity index (χ2n) is 5.75. The lowest BCUT2D eigenvalue weighted by Gasteiger charge is -2.18. The van der Waals surface area contributed by atoms with Gasteiger partial charge in [0.15, 0.2) is 5.82 Å². The van der Waals surface area contributed by atoms with E-state index >= 15 is 0 Å². The molecule has 2 aromatic rings. The summed E-state index contributed by atoms with van der Waals surface area (Å²) < 4.78 is 85.1. The van der Waals surface area contributed by atoms with Crippen molar-refractivity contribution >= 4 is 15.7 Å². The number of rotatable bonds is 4. The van der Waals surface area contributed by atoms with Crippen LogP contribution in [0.25, 0.3) is 0 Å². The molecule has 2 aromatic carbocycles. The Balaban J connectivity index is 2.57. The van der Waals surface area contributed by atoms with E-state index < -0.39 is 33.3 Å². The molecular formula is C17H17F4NO3S. The van der Waals surface area contributed by atoms with Crippen LogP contribution in [-0.4, -0.2) is 15.5 Å². The first-order chi connectivity index (χ1) is 11.9. The van der Waals surface area contributed by atoms with Gasteiger partial charge < -0.3 is 4.74 Å². The summed E-state index contributed by atoms with van der Waals surface area (Å²) in [6.45, 7) is 4.71. The van der Waals surface area contributed by atoms with Gasteiger partial charge in [-0.3, -0.25) is 4.72 Å². The summed E-state index contributed by atoms with van der Waals surface area (Å²) >= 11 is 0. The van der Waals surface area contributed by atoms with E-state index in [1.807, 2.05) is 4.72 Å². The van der Waals surface area contributed by atoms with Crippen molar-refractivity contribution in [2.24, 2.45) is 0 Å². The minimum atomic E-state index is -4.94. The van der Waals surface area contributed by atoms with E-state index in [-0.39, 0.29) is 4.90 Å². The molecule has 26 heavy (non-hydrogen) atoms. The molecule has 0 aliphatic heterocycles. The molecule has 0 saturated heterocycles. The van der Waals surface area contributed by atoms with Gasteiger partial charge in [0.2, 0.25) is 0 Å². The molecule has 0 saturated carbocycles. The van der Waals surface area contributed by atoms with Crippen LogP contribution in [0.15, 0.2) is 29.2 Å². The van der Waals surface area contributed by atoms with Crippen molar-refractivity contribution < 1.29 is 30.7 Å². The number of methoxy groups -OCH3 is 1. The molecule has 0 aliphatic carbocycles. The molecule has 0 unspecified atom stereocenters. The van der Waals surface area contributed by atoms with Crippen LogP contribution in [-0.2, 0) is 16.2 Å². The first-order valence-electron chi connectivity index (χ1n) is 7.43. The standard InChI is InChI=1S/C17H17F4NO3S/c1-9-8-14(25-4)10(2)11(3)16(9)26(23,24)22-13-7-5-6-12(15(13)18)17(19,20)21/h5-8,22H,1-4H3. The van der Waals surface area contributed by atoms with Crippen LogP contribution in [0, 0.1) is 26.6 Å². The maximum atomic E-state index is 14.1. The molecule has 0 fully saturated rings. The fraction of sp³-hybridized carbons (Fsp3) is 0.294. The predicted molar refractivity (Wildman–Crippen MR) is 89.4 cm³/mol. The molecular weight excluding hydrogens is 374 g/mol. The van der Waals surface area contributed by atoms with Gasteiger partial charge >= 0.3 is 6.18 Å². The van der Waals surface area contributed by atoms with E-state index in [1.54, 1.807) is 13.8 Å². The third-order valence-corrected chi connectivity index (χ3v) is 5.67. The topological polar surface area (TPSA) is 55.4 Å². The lowest BCUT2D eigenvalue weighted by atomic mass is 10.1. The zero-order valence-electron chi connectivity index (χ0n) is 14.5. The number of aryl methyl sites for hydroxylation is 1. The normalized spacial score (nSPS) is 12.2. The lowest BCUT2D eigenvalue weighted by Crippen LogP contribution is -2.19. The van der Waals surface area contributed by atoms with Crippen LogP contribution in [0.1, 0.15) is 22.3 Å². The number of sulfonamides is 1. The highest BCUT2D eigenvalue weighted by atomic mass is 32.2. The monoisotopic (exact) mass is 391 g/mol. The number of halogens is 4. The number of ether oxygens (including phenoxy) is 1. The predicted octanol–water partition coefficient (Wildman–Crippen LogP) is 4.58. The molecule has 0 heterocycles. The van der Waals surface area contributed by atoms with Gasteiger partial charge in [0.05, 0.1) is 23.3 Å². The molecule has 142 valence electrons. The largest absolute Gasteiger partial charge is 0.496 e. The van der Waals surface area contributed by atoms with Crippen molar-refractivity contribution in [3.63, 3.8) is 0 Å². The van der Waals surface area contributed by atoms with Crippen molar-refractivity contribution in [1.29, 1.82) is 0 Å². The molecule has 0 amide bonds.